The maximum atomic E-state index is 11.1. The van der Waals surface area contributed by atoms with Crippen LogP contribution in [0.5, 0.6) is 0 Å². The molecule has 5 heteroatoms. The zero-order valence-corrected chi connectivity index (χ0v) is 12.6. The minimum absolute atomic E-state index is 0.0492. The average Bonchev–Trinajstić information content (AvgIpc) is 2.85. The Balaban J connectivity index is 1.97. The molecule has 0 unspecified atom stereocenters. The molecule has 0 aliphatic rings. The number of benzene rings is 1. The molecule has 1 aromatic carbocycles. The molecule has 3 nitrogen and oxygen atoms in total. The number of carbonyl (C=O) groups excluding carboxylic acids is 1. The molecule has 0 bridgehead atoms. The van der Waals surface area contributed by atoms with Gasteiger partial charge in [0.1, 0.15) is 0 Å². The second-order valence-corrected chi connectivity index (χ2v) is 6.15. The molecular weight excluding hydrogens is 290 g/mol. The van der Waals surface area contributed by atoms with Crippen LogP contribution in [0.2, 0.25) is 0 Å². The average molecular weight is 303 g/mol. The van der Waals surface area contributed by atoms with Crippen LogP contribution in [0.4, 0.5) is 0 Å². The minimum Gasteiger partial charge on any atom is -0.312 e. The van der Waals surface area contributed by atoms with Crippen molar-refractivity contribution in [1.82, 2.24) is 4.98 Å². The number of carbonyl (C=O) groups is 1. The van der Waals surface area contributed by atoms with E-state index >= 15 is 0 Å². The summed E-state index contributed by atoms with van der Waals surface area (Å²) >= 11 is 2.45. The molecule has 0 amide bonds. The van der Waals surface area contributed by atoms with Crippen LogP contribution in [-0.4, -0.2) is 15.9 Å². The first kappa shape index (κ1) is 14.6. The van der Waals surface area contributed by atoms with Gasteiger partial charge in [0.05, 0.1) is 5.69 Å². The van der Waals surface area contributed by atoms with E-state index in [4.69, 9.17) is 0 Å². The standard InChI is InChI=1S/C15H13NO2S2/c1-11(17)19-9-3-2-4-12-5-7-13(8-6-12)14-10-20-15(18)16-14/h5-8,10H,3,9H2,1H3,(H,16,18). The van der Waals surface area contributed by atoms with Gasteiger partial charge in [-0.2, -0.15) is 0 Å². The van der Waals surface area contributed by atoms with Crippen LogP contribution < -0.4 is 4.87 Å². The number of H-pyrrole nitrogens is 1. The number of aromatic amines is 1. The lowest BCUT2D eigenvalue weighted by atomic mass is 10.1. The van der Waals surface area contributed by atoms with E-state index in [1.165, 1.54) is 11.8 Å². The Hall–Kier alpha value is -1.77. The van der Waals surface area contributed by atoms with Crippen molar-refractivity contribution in [2.75, 3.05) is 5.75 Å². The van der Waals surface area contributed by atoms with Crippen LogP contribution in [0, 0.1) is 11.8 Å². The fourth-order valence-corrected chi connectivity index (χ4v) is 2.65. The maximum Gasteiger partial charge on any atom is 0.304 e. The summed E-state index contributed by atoms with van der Waals surface area (Å²) in [6.07, 6.45) is 0.698. The fraction of sp³-hybridized carbons (Fsp3) is 0.200. The van der Waals surface area contributed by atoms with Crippen LogP contribution in [0.1, 0.15) is 18.9 Å². The number of nitrogens with one attached hydrogen (secondary N) is 1. The van der Waals surface area contributed by atoms with Crippen LogP contribution >= 0.6 is 23.1 Å². The Morgan fingerprint density at radius 1 is 1.35 bits per heavy atom. The number of rotatable bonds is 3. The summed E-state index contributed by atoms with van der Waals surface area (Å²) < 4.78 is 0. The Labute approximate surface area is 125 Å². The van der Waals surface area contributed by atoms with Crippen LogP contribution in [0.15, 0.2) is 34.4 Å². The molecule has 0 fully saturated rings. The molecule has 2 rings (SSSR count). The second kappa shape index (κ2) is 7.13. The quantitative estimate of drug-likeness (QED) is 0.700. The molecule has 20 heavy (non-hydrogen) atoms. The Morgan fingerprint density at radius 2 is 2.10 bits per heavy atom. The van der Waals surface area contributed by atoms with Gasteiger partial charge in [-0.25, -0.2) is 0 Å². The largest absolute Gasteiger partial charge is 0.312 e. The number of hydrogen-bond donors (Lipinski definition) is 1. The highest BCUT2D eigenvalue weighted by molar-refractivity contribution is 8.13. The topological polar surface area (TPSA) is 49.9 Å². The molecule has 0 radical (unpaired) electrons. The van der Waals surface area contributed by atoms with E-state index in [-0.39, 0.29) is 9.99 Å². The van der Waals surface area contributed by atoms with E-state index in [0.717, 1.165) is 33.9 Å². The highest BCUT2D eigenvalue weighted by Gasteiger charge is 1.99. The SMILES string of the molecule is CC(=O)SCCC#Cc1ccc(-c2csc(=O)[nH]2)cc1. The number of thioether (sulfide) groups is 1. The molecule has 0 saturated carbocycles. The monoisotopic (exact) mass is 303 g/mol. The van der Waals surface area contributed by atoms with Crippen molar-refractivity contribution >= 4 is 28.2 Å². The van der Waals surface area contributed by atoms with E-state index in [1.54, 1.807) is 6.92 Å². The molecule has 102 valence electrons. The third-order valence-electron chi connectivity index (χ3n) is 2.48. The summed E-state index contributed by atoms with van der Waals surface area (Å²) in [6, 6.07) is 7.73. The van der Waals surface area contributed by atoms with Gasteiger partial charge in [-0.1, -0.05) is 47.1 Å². The zero-order chi connectivity index (χ0) is 14.4. The number of aromatic nitrogens is 1. The molecule has 0 aliphatic carbocycles. The first-order valence-corrected chi connectivity index (χ1v) is 7.92. The maximum absolute atomic E-state index is 11.1. The van der Waals surface area contributed by atoms with Crippen molar-refractivity contribution < 1.29 is 4.79 Å². The lowest BCUT2D eigenvalue weighted by molar-refractivity contribution is -0.109. The zero-order valence-electron chi connectivity index (χ0n) is 10.9. The van der Waals surface area contributed by atoms with E-state index in [1.807, 2.05) is 29.6 Å². The molecule has 2 aromatic rings. The van der Waals surface area contributed by atoms with Gasteiger partial charge in [0.2, 0.25) is 0 Å². The number of thiazole rings is 1. The Bertz CT molecular complexity index is 702. The molecule has 0 aliphatic heterocycles. The number of hydrogen-bond acceptors (Lipinski definition) is 4. The van der Waals surface area contributed by atoms with Gasteiger partial charge in [-0.3, -0.25) is 9.59 Å². The molecule has 0 atom stereocenters. The highest BCUT2D eigenvalue weighted by atomic mass is 32.2. The third-order valence-corrected chi connectivity index (χ3v) is 3.97. The van der Waals surface area contributed by atoms with Gasteiger partial charge in [0.15, 0.2) is 5.12 Å². The molecular formula is C15H13NO2S2. The van der Waals surface area contributed by atoms with Crippen molar-refractivity contribution in [3.63, 3.8) is 0 Å². The van der Waals surface area contributed by atoms with Gasteiger partial charge in [-0.15, -0.1) is 0 Å². The van der Waals surface area contributed by atoms with Gasteiger partial charge in [-0.05, 0) is 17.7 Å². The fourth-order valence-electron chi connectivity index (χ4n) is 1.57. The summed E-state index contributed by atoms with van der Waals surface area (Å²) in [5.41, 5.74) is 2.73. The minimum atomic E-state index is -0.0492. The molecule has 0 saturated heterocycles. The third kappa shape index (κ3) is 4.41. The first-order valence-electron chi connectivity index (χ1n) is 6.05. The lowest BCUT2D eigenvalue weighted by Gasteiger charge is -1.97. The Morgan fingerprint density at radius 3 is 2.70 bits per heavy atom. The smallest absolute Gasteiger partial charge is 0.304 e. The van der Waals surface area contributed by atoms with Gasteiger partial charge < -0.3 is 4.98 Å². The van der Waals surface area contributed by atoms with Crippen LogP contribution in [0.25, 0.3) is 11.3 Å². The van der Waals surface area contributed by atoms with Gasteiger partial charge in [0.25, 0.3) is 0 Å². The molecule has 0 spiro atoms. The highest BCUT2D eigenvalue weighted by Crippen LogP contribution is 2.17. The van der Waals surface area contributed by atoms with E-state index in [0.29, 0.717) is 6.42 Å². The van der Waals surface area contributed by atoms with Crippen molar-refractivity contribution in [1.29, 1.82) is 0 Å². The van der Waals surface area contributed by atoms with E-state index in [2.05, 4.69) is 16.8 Å². The van der Waals surface area contributed by atoms with Crippen molar-refractivity contribution in [3.05, 3.63) is 44.9 Å². The van der Waals surface area contributed by atoms with Gasteiger partial charge >= 0.3 is 4.87 Å². The van der Waals surface area contributed by atoms with Crippen molar-refractivity contribution in [3.8, 4) is 23.1 Å². The van der Waals surface area contributed by atoms with Gasteiger partial charge in [0, 0.05) is 30.0 Å². The van der Waals surface area contributed by atoms with E-state index < -0.39 is 0 Å². The van der Waals surface area contributed by atoms with Crippen LogP contribution in [0.3, 0.4) is 0 Å². The summed E-state index contributed by atoms with van der Waals surface area (Å²) in [5.74, 6) is 6.83. The lowest BCUT2D eigenvalue weighted by Crippen LogP contribution is -1.92. The van der Waals surface area contributed by atoms with Crippen molar-refractivity contribution in [2.24, 2.45) is 0 Å². The summed E-state index contributed by atoms with van der Waals surface area (Å²) in [5, 5.41) is 1.93. The first-order chi connectivity index (χ1) is 9.65. The Kier molecular flexibility index (Phi) is 5.22. The molecule has 1 aromatic heterocycles. The predicted octanol–water partition coefficient (Wildman–Crippen LogP) is 3.12. The second-order valence-electron chi connectivity index (χ2n) is 4.03. The summed E-state index contributed by atoms with van der Waals surface area (Å²) in [4.78, 5) is 24.6. The van der Waals surface area contributed by atoms with Crippen molar-refractivity contribution in [2.45, 2.75) is 13.3 Å². The van der Waals surface area contributed by atoms with Crippen LogP contribution in [-0.2, 0) is 4.79 Å². The van der Waals surface area contributed by atoms with E-state index in [9.17, 15) is 9.59 Å². The summed E-state index contributed by atoms with van der Waals surface area (Å²) in [7, 11) is 0. The predicted molar refractivity (Wildman–Crippen MR) is 85.0 cm³/mol. The molecule has 1 heterocycles. The molecule has 1 N–H and O–H groups in total. The normalized spacial score (nSPS) is 9.85. The summed E-state index contributed by atoms with van der Waals surface area (Å²) in [6.45, 7) is 1.56.